The first kappa shape index (κ1) is 18.5. The van der Waals surface area contributed by atoms with Crippen LogP contribution in [-0.2, 0) is 13.1 Å². The predicted molar refractivity (Wildman–Crippen MR) is 114 cm³/mol. The van der Waals surface area contributed by atoms with Crippen molar-refractivity contribution in [3.63, 3.8) is 0 Å². The van der Waals surface area contributed by atoms with E-state index in [0.29, 0.717) is 6.54 Å². The van der Waals surface area contributed by atoms with Gasteiger partial charge in [0.2, 0.25) is 0 Å². The van der Waals surface area contributed by atoms with E-state index in [0.717, 1.165) is 41.0 Å². The predicted octanol–water partition coefficient (Wildman–Crippen LogP) is 3.34. The molecule has 2 heterocycles. The summed E-state index contributed by atoms with van der Waals surface area (Å²) in [6, 6.07) is 16.3. The molecule has 4 aromatic rings. The Bertz CT molecular complexity index is 1180. The normalized spacial score (nSPS) is 12.1. The van der Waals surface area contributed by atoms with Gasteiger partial charge in [-0.25, -0.2) is 9.78 Å². The minimum absolute atomic E-state index is 0.0161. The Balaban J connectivity index is 1.86. The Morgan fingerprint density at radius 3 is 2.25 bits per heavy atom. The van der Waals surface area contributed by atoms with Crippen molar-refractivity contribution in [3.05, 3.63) is 64.8 Å². The zero-order chi connectivity index (χ0) is 19.8. The third kappa shape index (κ3) is 3.14. The molecule has 6 heteroatoms. The number of fused-ring (bicyclic) bond motifs is 2. The summed E-state index contributed by atoms with van der Waals surface area (Å²) in [6.45, 7) is 6.30. The molecule has 2 aromatic carbocycles. The largest absolute Gasteiger partial charge is 0.329 e. The van der Waals surface area contributed by atoms with Crippen molar-refractivity contribution >= 4 is 22.1 Å². The molecule has 4 rings (SSSR count). The first-order valence-electron chi connectivity index (χ1n) is 9.76. The minimum atomic E-state index is 0.0161. The van der Waals surface area contributed by atoms with Gasteiger partial charge >= 0.3 is 5.69 Å². The van der Waals surface area contributed by atoms with Gasteiger partial charge in [-0.1, -0.05) is 24.3 Å². The van der Waals surface area contributed by atoms with E-state index >= 15 is 0 Å². The molecule has 0 radical (unpaired) electrons. The Labute approximate surface area is 164 Å². The number of nitrogens with zero attached hydrogens (tertiary/aromatic N) is 5. The van der Waals surface area contributed by atoms with Crippen LogP contribution in [0.15, 0.2) is 53.3 Å². The summed E-state index contributed by atoms with van der Waals surface area (Å²) in [4.78, 5) is 20.2. The summed E-state index contributed by atoms with van der Waals surface area (Å²) in [5.74, 6) is 0.914. The molecule has 0 aliphatic heterocycles. The second-order valence-electron chi connectivity index (χ2n) is 7.79. The van der Waals surface area contributed by atoms with Crippen LogP contribution in [0.25, 0.3) is 22.1 Å². The molecule has 28 heavy (non-hydrogen) atoms. The van der Waals surface area contributed by atoms with E-state index in [2.05, 4.69) is 29.6 Å². The fourth-order valence-corrected chi connectivity index (χ4v) is 3.82. The molecule has 6 nitrogen and oxygen atoms in total. The number of aromatic nitrogens is 4. The highest BCUT2D eigenvalue weighted by atomic mass is 16.1. The first-order valence-corrected chi connectivity index (χ1v) is 9.76. The Morgan fingerprint density at radius 2 is 1.57 bits per heavy atom. The van der Waals surface area contributed by atoms with Crippen LogP contribution in [0, 0.1) is 0 Å². The number of hydrogen-bond acceptors (Lipinski definition) is 3. The summed E-state index contributed by atoms with van der Waals surface area (Å²) in [5.41, 5.74) is 4.02. The number of rotatable bonds is 6. The molecular weight excluding hydrogens is 350 g/mol. The van der Waals surface area contributed by atoms with Gasteiger partial charge in [0.15, 0.2) is 0 Å². The average molecular weight is 377 g/mol. The topological polar surface area (TPSA) is 48.0 Å². The molecule has 0 unspecified atom stereocenters. The lowest BCUT2D eigenvalue weighted by molar-refractivity contribution is 0.382. The quantitative estimate of drug-likeness (QED) is 0.518. The molecule has 0 atom stereocenters. The maximum absolute atomic E-state index is 13.2. The van der Waals surface area contributed by atoms with Crippen LogP contribution >= 0.6 is 0 Å². The second kappa shape index (κ2) is 7.28. The smallest absolute Gasteiger partial charge is 0.325 e. The number of para-hydroxylation sites is 4. The fourth-order valence-electron chi connectivity index (χ4n) is 3.82. The van der Waals surface area contributed by atoms with E-state index in [1.807, 2.05) is 65.4 Å². The van der Waals surface area contributed by atoms with Gasteiger partial charge in [0, 0.05) is 19.1 Å². The van der Waals surface area contributed by atoms with Crippen molar-refractivity contribution < 1.29 is 0 Å². The van der Waals surface area contributed by atoms with Crippen molar-refractivity contribution in [2.45, 2.75) is 33.0 Å². The highest BCUT2D eigenvalue weighted by Crippen LogP contribution is 2.20. The van der Waals surface area contributed by atoms with Gasteiger partial charge in [0.25, 0.3) is 0 Å². The lowest BCUT2D eigenvalue weighted by atomic mass is 10.3. The zero-order valence-corrected chi connectivity index (χ0v) is 17.0. The highest BCUT2D eigenvalue weighted by Gasteiger charge is 2.18. The van der Waals surface area contributed by atoms with Crippen molar-refractivity contribution in [2.24, 2.45) is 0 Å². The van der Waals surface area contributed by atoms with Gasteiger partial charge in [-0.2, -0.15) is 0 Å². The summed E-state index contributed by atoms with van der Waals surface area (Å²) < 4.78 is 5.95. The van der Waals surface area contributed by atoms with Crippen LogP contribution in [0.3, 0.4) is 0 Å². The third-order valence-electron chi connectivity index (χ3n) is 5.19. The van der Waals surface area contributed by atoms with E-state index in [1.54, 1.807) is 0 Å². The number of likely N-dealkylation sites (N-methyl/N-ethyl adjacent to an activating group) is 1. The lowest BCUT2D eigenvalue weighted by Crippen LogP contribution is -2.27. The number of benzene rings is 2. The number of imidazole rings is 2. The van der Waals surface area contributed by atoms with Gasteiger partial charge in [-0.05, 0) is 52.2 Å². The van der Waals surface area contributed by atoms with Crippen molar-refractivity contribution in [2.75, 3.05) is 20.6 Å². The van der Waals surface area contributed by atoms with Gasteiger partial charge < -0.3 is 9.47 Å². The fraction of sp³-hybridized carbons (Fsp3) is 0.364. The van der Waals surface area contributed by atoms with Gasteiger partial charge in [0.05, 0.1) is 28.6 Å². The van der Waals surface area contributed by atoms with Gasteiger partial charge in [-0.3, -0.25) is 9.13 Å². The van der Waals surface area contributed by atoms with E-state index in [4.69, 9.17) is 4.98 Å². The molecule has 146 valence electrons. The van der Waals surface area contributed by atoms with Crippen LogP contribution in [-0.4, -0.2) is 44.2 Å². The molecule has 0 saturated carbocycles. The Morgan fingerprint density at radius 1 is 0.929 bits per heavy atom. The lowest BCUT2D eigenvalue weighted by Gasteiger charge is -2.14. The molecule has 0 aliphatic carbocycles. The van der Waals surface area contributed by atoms with E-state index in [9.17, 15) is 4.79 Å². The summed E-state index contributed by atoms with van der Waals surface area (Å²) in [6.07, 6.45) is 0. The molecule has 0 N–H and O–H groups in total. The second-order valence-corrected chi connectivity index (χ2v) is 7.79. The SMILES string of the molecule is CC(C)n1c(=O)n(Cc2nc3ccccc3n2CCN(C)C)c2ccccc21. The summed E-state index contributed by atoms with van der Waals surface area (Å²) in [5, 5.41) is 0. The Kier molecular flexibility index (Phi) is 4.81. The van der Waals surface area contributed by atoms with Crippen molar-refractivity contribution in [1.82, 2.24) is 23.6 Å². The monoisotopic (exact) mass is 377 g/mol. The van der Waals surface area contributed by atoms with Crippen molar-refractivity contribution in [3.8, 4) is 0 Å². The maximum Gasteiger partial charge on any atom is 0.329 e. The van der Waals surface area contributed by atoms with E-state index in [1.165, 1.54) is 0 Å². The first-order chi connectivity index (χ1) is 13.5. The van der Waals surface area contributed by atoms with Crippen LogP contribution in [0.1, 0.15) is 25.7 Å². The van der Waals surface area contributed by atoms with Crippen LogP contribution < -0.4 is 5.69 Å². The molecular formula is C22H27N5O. The highest BCUT2D eigenvalue weighted by molar-refractivity contribution is 5.77. The summed E-state index contributed by atoms with van der Waals surface area (Å²) >= 11 is 0. The Hall–Kier alpha value is -2.86. The maximum atomic E-state index is 13.2. The summed E-state index contributed by atoms with van der Waals surface area (Å²) in [7, 11) is 4.14. The minimum Gasteiger partial charge on any atom is -0.325 e. The van der Waals surface area contributed by atoms with Crippen molar-refractivity contribution in [1.29, 1.82) is 0 Å². The molecule has 0 aliphatic rings. The third-order valence-corrected chi connectivity index (χ3v) is 5.19. The molecule has 2 aromatic heterocycles. The molecule has 0 fully saturated rings. The van der Waals surface area contributed by atoms with Crippen LogP contribution in [0.5, 0.6) is 0 Å². The van der Waals surface area contributed by atoms with E-state index in [-0.39, 0.29) is 11.7 Å². The molecule has 0 spiro atoms. The molecule has 0 saturated heterocycles. The average Bonchev–Trinajstić information content (AvgIpc) is 3.15. The van der Waals surface area contributed by atoms with Crippen LogP contribution in [0.4, 0.5) is 0 Å². The van der Waals surface area contributed by atoms with Gasteiger partial charge in [0.1, 0.15) is 5.82 Å². The molecule has 0 amide bonds. The van der Waals surface area contributed by atoms with Gasteiger partial charge in [-0.15, -0.1) is 0 Å². The van der Waals surface area contributed by atoms with Crippen LogP contribution in [0.2, 0.25) is 0 Å². The standard InChI is InChI=1S/C22H27N5O/c1-16(2)27-20-12-8-7-11-19(20)26(22(27)28)15-21-23-17-9-5-6-10-18(17)25(21)14-13-24(3)4/h5-12,16H,13-15H2,1-4H3. The zero-order valence-electron chi connectivity index (χ0n) is 17.0. The molecule has 0 bridgehead atoms. The van der Waals surface area contributed by atoms with E-state index < -0.39 is 0 Å². The number of hydrogen-bond donors (Lipinski definition) is 0.